The molecule has 0 aliphatic heterocycles. The van der Waals surface area contributed by atoms with E-state index in [-0.39, 0.29) is 0 Å². The molecule has 4 rings (SSSR count). The molecule has 2 heterocycles. The third kappa shape index (κ3) is 4.33. The lowest BCUT2D eigenvalue weighted by atomic mass is 10.0. The van der Waals surface area contributed by atoms with Gasteiger partial charge in [0.25, 0.3) is 0 Å². The molecule has 0 saturated heterocycles. The number of aromatic nitrogens is 1. The number of rotatable bonds is 7. The maximum absolute atomic E-state index is 5.24. The second kappa shape index (κ2) is 8.69. The van der Waals surface area contributed by atoms with Crippen LogP contribution in [0, 0.1) is 6.92 Å². The molecule has 0 aliphatic rings. The number of ether oxygens (including phenoxy) is 1. The van der Waals surface area contributed by atoms with Gasteiger partial charge in [-0.05, 0) is 42.6 Å². The van der Waals surface area contributed by atoms with Crippen molar-refractivity contribution >= 4 is 22.7 Å². The minimum Gasteiger partial charge on any atom is -0.497 e. The average Bonchev–Trinajstić information content (AvgIpc) is 3.42. The normalized spacial score (nSPS) is 12.1. The van der Waals surface area contributed by atoms with Gasteiger partial charge in [0, 0.05) is 16.5 Å². The number of methoxy groups -OCH3 is 1. The summed E-state index contributed by atoms with van der Waals surface area (Å²) in [4.78, 5) is 6.22. The molecule has 4 aromatic rings. The van der Waals surface area contributed by atoms with Crippen molar-refractivity contribution in [2.75, 3.05) is 7.11 Å². The summed E-state index contributed by atoms with van der Waals surface area (Å²) in [6.07, 6.45) is 0. The van der Waals surface area contributed by atoms with Gasteiger partial charge in [0.1, 0.15) is 29.0 Å². The number of hydrogen-bond donors (Lipinski definition) is 1. The van der Waals surface area contributed by atoms with Crippen molar-refractivity contribution in [2.45, 2.75) is 19.5 Å². The number of hydrogen-bond acceptors (Lipinski definition) is 4. The Kier molecular flexibility index (Phi) is 5.86. The van der Waals surface area contributed by atoms with Gasteiger partial charge in [0.2, 0.25) is 0 Å². The highest BCUT2D eigenvalue weighted by Gasteiger charge is 2.19. The topological polar surface area (TPSA) is 38.7 Å². The fourth-order valence-corrected chi connectivity index (χ4v) is 4.85. The van der Waals surface area contributed by atoms with Crippen molar-refractivity contribution in [1.29, 1.82) is 0 Å². The monoisotopic (exact) mass is 407 g/mol. The first kappa shape index (κ1) is 18.9. The highest BCUT2D eigenvalue weighted by Crippen LogP contribution is 2.26. The summed E-state index contributed by atoms with van der Waals surface area (Å²) in [5.74, 6) is 0.866. The van der Waals surface area contributed by atoms with Gasteiger partial charge in [-0.2, -0.15) is 0 Å². The van der Waals surface area contributed by atoms with Gasteiger partial charge >= 0.3 is 0 Å². The standard InChI is InChI=1S/C23H22N2OS2/c1-16-5-7-17(8-6-16)22(21-4-3-13-27-21)24-14-19-15-28-23(25-19)18-9-11-20(26-2)12-10-18/h3-13,15,22,24H,14H2,1-2H3/p+1/t22-/m1/s1. The summed E-state index contributed by atoms with van der Waals surface area (Å²) >= 11 is 3.50. The van der Waals surface area contributed by atoms with Crippen LogP contribution in [-0.2, 0) is 6.54 Å². The largest absolute Gasteiger partial charge is 0.497 e. The first-order chi connectivity index (χ1) is 13.7. The molecule has 0 bridgehead atoms. The molecule has 5 heteroatoms. The molecule has 1 atom stereocenters. The van der Waals surface area contributed by atoms with Gasteiger partial charge in [-0.25, -0.2) is 4.98 Å². The van der Waals surface area contributed by atoms with Crippen LogP contribution >= 0.6 is 22.7 Å². The van der Waals surface area contributed by atoms with Crippen LogP contribution in [0.3, 0.4) is 0 Å². The van der Waals surface area contributed by atoms with Crippen LogP contribution in [0.4, 0.5) is 0 Å². The lowest BCUT2D eigenvalue weighted by Crippen LogP contribution is -2.83. The maximum Gasteiger partial charge on any atom is 0.147 e. The number of benzene rings is 2. The van der Waals surface area contributed by atoms with E-state index in [0.717, 1.165) is 28.6 Å². The number of thiophene rings is 1. The van der Waals surface area contributed by atoms with Crippen LogP contribution in [0.15, 0.2) is 71.4 Å². The third-order valence-electron chi connectivity index (χ3n) is 4.74. The summed E-state index contributed by atoms with van der Waals surface area (Å²) in [6, 6.07) is 21.6. The number of quaternary nitrogens is 1. The van der Waals surface area contributed by atoms with E-state index in [2.05, 4.69) is 71.5 Å². The van der Waals surface area contributed by atoms with Gasteiger partial charge in [-0.1, -0.05) is 35.9 Å². The van der Waals surface area contributed by atoms with E-state index in [0.29, 0.717) is 6.04 Å². The quantitative estimate of drug-likeness (QED) is 0.466. The molecule has 0 amide bonds. The predicted molar refractivity (Wildman–Crippen MR) is 117 cm³/mol. The first-order valence-corrected chi connectivity index (χ1v) is 11.0. The first-order valence-electron chi connectivity index (χ1n) is 9.25. The Morgan fingerprint density at radius 3 is 2.46 bits per heavy atom. The molecule has 0 spiro atoms. The Morgan fingerprint density at radius 2 is 1.79 bits per heavy atom. The lowest BCUT2D eigenvalue weighted by Gasteiger charge is -2.14. The Labute approximate surface area is 173 Å². The van der Waals surface area contributed by atoms with Crippen LogP contribution in [0.2, 0.25) is 0 Å². The SMILES string of the molecule is COc1ccc(-c2nc(C[NH2+][C@H](c3ccc(C)cc3)c3cccs3)cs2)cc1. The predicted octanol–water partition coefficient (Wildman–Crippen LogP) is 5.04. The molecule has 0 aliphatic carbocycles. The van der Waals surface area contributed by atoms with E-state index in [1.54, 1.807) is 18.4 Å². The van der Waals surface area contributed by atoms with E-state index in [9.17, 15) is 0 Å². The van der Waals surface area contributed by atoms with Crippen molar-refractivity contribution in [3.05, 3.63) is 93.1 Å². The Hall–Kier alpha value is -2.47. The van der Waals surface area contributed by atoms with Crippen molar-refractivity contribution < 1.29 is 10.1 Å². The molecule has 0 saturated carbocycles. The van der Waals surface area contributed by atoms with E-state index in [4.69, 9.17) is 9.72 Å². The fourth-order valence-electron chi connectivity index (χ4n) is 3.16. The Bertz CT molecular complexity index is 1010. The van der Waals surface area contributed by atoms with Crippen LogP contribution in [0.5, 0.6) is 5.75 Å². The third-order valence-corrected chi connectivity index (χ3v) is 6.63. The Balaban J connectivity index is 1.50. The van der Waals surface area contributed by atoms with Gasteiger partial charge in [0.05, 0.1) is 12.0 Å². The molecule has 0 radical (unpaired) electrons. The average molecular weight is 408 g/mol. The van der Waals surface area contributed by atoms with E-state index in [1.807, 2.05) is 23.5 Å². The van der Waals surface area contributed by atoms with Crippen molar-refractivity contribution in [3.8, 4) is 16.3 Å². The number of aryl methyl sites for hydroxylation is 1. The van der Waals surface area contributed by atoms with Crippen LogP contribution in [0.25, 0.3) is 10.6 Å². The zero-order valence-electron chi connectivity index (χ0n) is 16.0. The van der Waals surface area contributed by atoms with E-state index < -0.39 is 0 Å². The molecule has 2 N–H and O–H groups in total. The second-order valence-electron chi connectivity index (χ2n) is 6.72. The molecule has 28 heavy (non-hydrogen) atoms. The van der Waals surface area contributed by atoms with Crippen LogP contribution in [-0.4, -0.2) is 12.1 Å². The number of thiazole rings is 1. The zero-order valence-corrected chi connectivity index (χ0v) is 17.6. The van der Waals surface area contributed by atoms with Crippen molar-refractivity contribution in [2.24, 2.45) is 0 Å². The molecule has 2 aromatic heterocycles. The fraction of sp³-hybridized carbons (Fsp3) is 0.174. The number of nitrogens with two attached hydrogens (primary N) is 1. The van der Waals surface area contributed by atoms with Crippen molar-refractivity contribution in [1.82, 2.24) is 4.98 Å². The lowest BCUT2D eigenvalue weighted by molar-refractivity contribution is -0.702. The highest BCUT2D eigenvalue weighted by atomic mass is 32.1. The summed E-state index contributed by atoms with van der Waals surface area (Å²) < 4.78 is 5.24. The van der Waals surface area contributed by atoms with E-state index in [1.165, 1.54) is 16.0 Å². The molecule has 142 valence electrons. The van der Waals surface area contributed by atoms with Gasteiger partial charge in [-0.3, -0.25) is 0 Å². The Morgan fingerprint density at radius 1 is 1.00 bits per heavy atom. The minimum absolute atomic E-state index is 0.298. The molecular weight excluding hydrogens is 384 g/mol. The molecule has 3 nitrogen and oxygen atoms in total. The summed E-state index contributed by atoms with van der Waals surface area (Å²) in [6.45, 7) is 2.98. The molecule has 0 fully saturated rings. The zero-order chi connectivity index (χ0) is 19.3. The molecule has 0 unspecified atom stereocenters. The van der Waals surface area contributed by atoms with Gasteiger partial charge in [0.15, 0.2) is 0 Å². The second-order valence-corrected chi connectivity index (χ2v) is 8.55. The van der Waals surface area contributed by atoms with Gasteiger partial charge < -0.3 is 10.1 Å². The smallest absolute Gasteiger partial charge is 0.147 e. The van der Waals surface area contributed by atoms with Crippen LogP contribution < -0.4 is 10.1 Å². The van der Waals surface area contributed by atoms with Gasteiger partial charge in [-0.15, -0.1) is 22.7 Å². The van der Waals surface area contributed by atoms with Crippen molar-refractivity contribution in [3.63, 3.8) is 0 Å². The minimum atomic E-state index is 0.298. The maximum atomic E-state index is 5.24. The highest BCUT2D eigenvalue weighted by molar-refractivity contribution is 7.13. The van der Waals surface area contributed by atoms with Crippen LogP contribution in [0.1, 0.15) is 27.7 Å². The summed E-state index contributed by atoms with van der Waals surface area (Å²) in [7, 11) is 1.68. The van der Waals surface area contributed by atoms with E-state index >= 15 is 0 Å². The summed E-state index contributed by atoms with van der Waals surface area (Å²) in [5.41, 5.74) is 4.87. The number of nitrogens with zero attached hydrogens (tertiary/aromatic N) is 1. The molecule has 2 aromatic carbocycles. The summed E-state index contributed by atoms with van der Waals surface area (Å²) in [5, 5.41) is 7.74. The molecular formula is C23H23N2OS2+.